The number of pyridine rings is 1. The van der Waals surface area contributed by atoms with Crippen molar-refractivity contribution in [3.63, 3.8) is 0 Å². The molecule has 5 rings (SSSR count). The van der Waals surface area contributed by atoms with Crippen LogP contribution in [0.2, 0.25) is 0 Å². The van der Waals surface area contributed by atoms with Crippen LogP contribution < -0.4 is 16.6 Å². The molecule has 8 nitrogen and oxygen atoms in total. The lowest BCUT2D eigenvalue weighted by atomic mass is 10.0. The van der Waals surface area contributed by atoms with Crippen molar-refractivity contribution in [2.45, 2.75) is 26.3 Å². The molecule has 5 aromatic rings. The molecule has 3 heterocycles. The average molecular weight is 443 g/mol. The van der Waals surface area contributed by atoms with Crippen LogP contribution >= 0.6 is 0 Å². The number of nitrogens with zero attached hydrogens (tertiary/aromatic N) is 4. The monoisotopic (exact) mass is 443 g/mol. The van der Waals surface area contributed by atoms with Crippen LogP contribution in [0.3, 0.4) is 0 Å². The molecule has 0 bridgehead atoms. The number of anilines is 2. The largest absolute Gasteiger partial charge is 0.368 e. The zero-order valence-corrected chi connectivity index (χ0v) is 18.1. The molecule has 166 valence electrons. The van der Waals surface area contributed by atoms with Crippen molar-refractivity contribution in [3.8, 4) is 5.69 Å². The summed E-state index contributed by atoms with van der Waals surface area (Å²) in [6.45, 7) is 3.91. The Morgan fingerprint density at radius 1 is 1.18 bits per heavy atom. The number of nitrogen functional groups attached to an aromatic ring is 1. The molecule has 33 heavy (non-hydrogen) atoms. The van der Waals surface area contributed by atoms with Gasteiger partial charge in [-0.3, -0.25) is 9.36 Å². The summed E-state index contributed by atoms with van der Waals surface area (Å²) < 4.78 is 16.3. The number of hydrogen-bond acceptors (Lipinski definition) is 6. The summed E-state index contributed by atoms with van der Waals surface area (Å²) in [6.07, 6.45) is 2.13. The van der Waals surface area contributed by atoms with Crippen LogP contribution in [-0.4, -0.2) is 24.5 Å². The maximum absolute atomic E-state index is 14.7. The zero-order chi connectivity index (χ0) is 23.1. The molecule has 0 radical (unpaired) electrons. The third-order valence-electron chi connectivity index (χ3n) is 5.75. The highest BCUT2D eigenvalue weighted by Gasteiger charge is 2.22. The molecule has 0 aliphatic carbocycles. The average Bonchev–Trinajstić information content (AvgIpc) is 3.26. The second-order valence-electron chi connectivity index (χ2n) is 7.84. The van der Waals surface area contributed by atoms with Crippen LogP contribution in [0.5, 0.6) is 0 Å². The van der Waals surface area contributed by atoms with E-state index in [4.69, 9.17) is 5.73 Å². The summed E-state index contributed by atoms with van der Waals surface area (Å²) in [5, 5.41) is 3.97. The van der Waals surface area contributed by atoms with E-state index in [9.17, 15) is 9.18 Å². The van der Waals surface area contributed by atoms with Gasteiger partial charge in [0.05, 0.1) is 23.4 Å². The van der Waals surface area contributed by atoms with Gasteiger partial charge in [-0.15, -0.1) is 0 Å². The summed E-state index contributed by atoms with van der Waals surface area (Å²) in [4.78, 5) is 29.4. The Bertz CT molecular complexity index is 1560. The van der Waals surface area contributed by atoms with Crippen LogP contribution in [0.4, 0.5) is 16.2 Å². The molecule has 0 fully saturated rings. The maximum Gasteiger partial charge on any atom is 0.266 e. The van der Waals surface area contributed by atoms with Gasteiger partial charge in [-0.2, -0.15) is 9.97 Å². The minimum absolute atomic E-state index is 0.0559. The summed E-state index contributed by atoms with van der Waals surface area (Å²) in [5.41, 5.74) is 8.79. The first-order chi connectivity index (χ1) is 16.0. The number of hydrogen-bond donors (Lipinski definition) is 3. The number of nitrogens with one attached hydrogen (secondary N) is 2. The highest BCUT2D eigenvalue weighted by atomic mass is 19.1. The lowest BCUT2D eigenvalue weighted by molar-refractivity contribution is 0.635. The molecule has 9 heteroatoms. The van der Waals surface area contributed by atoms with Gasteiger partial charge in [0.2, 0.25) is 5.95 Å². The van der Waals surface area contributed by atoms with Crippen LogP contribution in [0.25, 0.3) is 27.6 Å². The molecular formula is C24H22FN7O. The van der Waals surface area contributed by atoms with Crippen molar-refractivity contribution >= 4 is 33.7 Å². The Kier molecular flexibility index (Phi) is 5.01. The van der Waals surface area contributed by atoms with Crippen molar-refractivity contribution in [2.24, 2.45) is 0 Å². The Morgan fingerprint density at radius 3 is 2.79 bits per heavy atom. The normalized spacial score (nSPS) is 12.3. The van der Waals surface area contributed by atoms with Gasteiger partial charge < -0.3 is 16.0 Å². The predicted molar refractivity (Wildman–Crippen MR) is 127 cm³/mol. The molecule has 0 saturated heterocycles. The van der Waals surface area contributed by atoms with Gasteiger partial charge in [-0.25, -0.2) is 9.37 Å². The number of nitrogens with two attached hydrogens (primary N) is 1. The fourth-order valence-corrected chi connectivity index (χ4v) is 4.16. The lowest BCUT2D eigenvalue weighted by Crippen LogP contribution is -2.27. The van der Waals surface area contributed by atoms with Crippen molar-refractivity contribution in [2.75, 3.05) is 11.1 Å². The van der Waals surface area contributed by atoms with E-state index in [1.807, 2.05) is 44.2 Å². The van der Waals surface area contributed by atoms with E-state index in [0.717, 1.165) is 5.56 Å². The topological polar surface area (TPSA) is 115 Å². The molecule has 0 aliphatic rings. The molecule has 2 aromatic carbocycles. The molecule has 0 aliphatic heterocycles. The molecule has 0 amide bonds. The van der Waals surface area contributed by atoms with Crippen LogP contribution in [0.1, 0.15) is 30.6 Å². The number of H-pyrrole nitrogens is 1. The molecule has 4 N–H and O–H groups in total. The second kappa shape index (κ2) is 8.01. The third kappa shape index (κ3) is 3.47. The number of imidazole rings is 1. The minimum Gasteiger partial charge on any atom is -0.368 e. The highest BCUT2D eigenvalue weighted by molar-refractivity contribution is 5.85. The van der Waals surface area contributed by atoms with E-state index in [1.54, 1.807) is 16.7 Å². The number of aryl methyl sites for hydroxylation is 1. The van der Waals surface area contributed by atoms with Gasteiger partial charge in [0.25, 0.3) is 5.56 Å². The number of para-hydroxylation sites is 1. The van der Waals surface area contributed by atoms with Crippen LogP contribution in [0.15, 0.2) is 59.7 Å². The molecule has 0 spiro atoms. The van der Waals surface area contributed by atoms with Gasteiger partial charge in [-0.05, 0) is 42.5 Å². The number of aromatic nitrogens is 5. The van der Waals surface area contributed by atoms with E-state index in [0.29, 0.717) is 40.2 Å². The summed E-state index contributed by atoms with van der Waals surface area (Å²) in [7, 11) is 0. The van der Waals surface area contributed by atoms with Gasteiger partial charge in [0.1, 0.15) is 11.3 Å². The molecule has 0 saturated carbocycles. The van der Waals surface area contributed by atoms with Crippen molar-refractivity contribution in [1.29, 1.82) is 0 Å². The Balaban J connectivity index is 1.77. The minimum atomic E-state index is -0.547. The fraction of sp³-hybridized carbons (Fsp3) is 0.167. The van der Waals surface area contributed by atoms with Gasteiger partial charge in [0, 0.05) is 5.69 Å². The zero-order valence-electron chi connectivity index (χ0n) is 18.1. The summed E-state index contributed by atoms with van der Waals surface area (Å²) >= 11 is 0. The van der Waals surface area contributed by atoms with E-state index >= 15 is 0 Å². The van der Waals surface area contributed by atoms with Crippen molar-refractivity contribution in [1.82, 2.24) is 24.5 Å². The number of aromatic amines is 1. The Hall–Kier alpha value is -4.27. The van der Waals surface area contributed by atoms with Crippen LogP contribution in [-0.2, 0) is 0 Å². The molecule has 3 aromatic heterocycles. The van der Waals surface area contributed by atoms with Gasteiger partial charge in [0.15, 0.2) is 11.5 Å². The highest BCUT2D eigenvalue weighted by Crippen LogP contribution is 2.29. The smallest absolute Gasteiger partial charge is 0.266 e. The second-order valence-corrected chi connectivity index (χ2v) is 7.84. The van der Waals surface area contributed by atoms with Crippen molar-refractivity contribution < 1.29 is 4.39 Å². The summed E-state index contributed by atoms with van der Waals surface area (Å²) in [5.74, 6) is 0.00361. The molecule has 1 unspecified atom stereocenters. The first kappa shape index (κ1) is 20.6. The third-order valence-corrected chi connectivity index (χ3v) is 5.75. The lowest BCUT2D eigenvalue weighted by Gasteiger charge is -2.24. The number of halogens is 1. The van der Waals surface area contributed by atoms with E-state index < -0.39 is 11.4 Å². The summed E-state index contributed by atoms with van der Waals surface area (Å²) in [6, 6.07) is 13.7. The van der Waals surface area contributed by atoms with Crippen LogP contribution in [0, 0.1) is 12.7 Å². The SMILES string of the molecule is CCC(Nc1nc(N)nc2[nH]cnc12)c1cc2cccc(F)c2c(=O)n1-c1ccccc1C. The molecular weight excluding hydrogens is 421 g/mol. The van der Waals surface area contributed by atoms with E-state index in [-0.39, 0.29) is 17.4 Å². The number of benzene rings is 2. The maximum atomic E-state index is 14.7. The number of fused-ring (bicyclic) bond motifs is 2. The predicted octanol–water partition coefficient (Wildman–Crippen LogP) is 4.25. The Labute approximate surface area is 188 Å². The Morgan fingerprint density at radius 2 is 2.00 bits per heavy atom. The standard InChI is InChI=1S/C24H22FN7O/c1-3-16(29-22-20-21(28-12-27-20)30-24(26)31-22)18-11-14-8-6-9-15(25)19(14)23(33)32(18)17-10-5-4-7-13(17)2/h4-12,16H,3H2,1-2H3,(H4,26,27,28,29,30,31). The van der Waals surface area contributed by atoms with Gasteiger partial charge in [-0.1, -0.05) is 37.3 Å². The van der Waals surface area contributed by atoms with E-state index in [2.05, 4.69) is 25.3 Å². The first-order valence-corrected chi connectivity index (χ1v) is 10.6. The van der Waals surface area contributed by atoms with Crippen molar-refractivity contribution in [3.05, 3.63) is 82.3 Å². The first-order valence-electron chi connectivity index (χ1n) is 10.6. The van der Waals surface area contributed by atoms with E-state index in [1.165, 1.54) is 12.4 Å². The fourth-order valence-electron chi connectivity index (χ4n) is 4.16. The number of rotatable bonds is 5. The van der Waals surface area contributed by atoms with Gasteiger partial charge >= 0.3 is 0 Å². The molecule has 1 atom stereocenters. The quantitative estimate of drug-likeness (QED) is 0.374.